The van der Waals surface area contributed by atoms with Crippen molar-refractivity contribution in [1.29, 1.82) is 0 Å². The van der Waals surface area contributed by atoms with Gasteiger partial charge in [-0.2, -0.15) is 0 Å². The van der Waals surface area contributed by atoms with Crippen LogP contribution in [0.2, 0.25) is 0 Å². The summed E-state index contributed by atoms with van der Waals surface area (Å²) in [5, 5.41) is 2.52. The molecular weight excluding hydrogens is 391 g/mol. The van der Waals surface area contributed by atoms with Crippen LogP contribution in [0.3, 0.4) is 0 Å². The molecule has 1 amide bonds. The molecular formula is C18H18F3N5O3. The number of halogens is 3. The molecule has 1 aromatic carbocycles. The summed E-state index contributed by atoms with van der Waals surface area (Å²) in [7, 11) is 1.40. The molecule has 0 aliphatic carbocycles. The second-order valence-electron chi connectivity index (χ2n) is 6.41. The van der Waals surface area contributed by atoms with Crippen LogP contribution in [0.4, 0.5) is 18.9 Å². The molecule has 2 atom stereocenters. The van der Waals surface area contributed by atoms with Crippen LogP contribution in [-0.2, 0) is 10.3 Å². The third-order valence-electron chi connectivity index (χ3n) is 4.41. The quantitative estimate of drug-likeness (QED) is 0.782. The number of nitrogens with zero attached hydrogens (tertiary/aromatic N) is 3. The number of rotatable bonds is 5. The third kappa shape index (κ3) is 4.14. The number of aliphatic imine (C=N–C) groups is 1. The third-order valence-corrected chi connectivity index (χ3v) is 4.41. The Morgan fingerprint density at radius 3 is 2.76 bits per heavy atom. The van der Waals surface area contributed by atoms with Gasteiger partial charge in [-0.15, -0.1) is 0 Å². The predicted molar refractivity (Wildman–Crippen MR) is 97.7 cm³/mol. The molecule has 0 saturated heterocycles. The number of alkyl halides is 2. The number of nitrogens with one attached hydrogen (secondary N) is 1. The Balaban J connectivity index is 1.93. The van der Waals surface area contributed by atoms with Gasteiger partial charge in [0, 0.05) is 11.3 Å². The number of carbonyl (C=O) groups is 1. The Morgan fingerprint density at radius 2 is 2.14 bits per heavy atom. The zero-order valence-corrected chi connectivity index (χ0v) is 15.5. The molecule has 8 nitrogen and oxygen atoms in total. The van der Waals surface area contributed by atoms with E-state index in [1.165, 1.54) is 38.6 Å². The second-order valence-corrected chi connectivity index (χ2v) is 6.41. The lowest BCUT2D eigenvalue weighted by molar-refractivity contribution is -0.0883. The number of anilines is 1. The largest absolute Gasteiger partial charge is 0.480 e. The summed E-state index contributed by atoms with van der Waals surface area (Å²) >= 11 is 0. The van der Waals surface area contributed by atoms with Gasteiger partial charge in [-0.25, -0.2) is 23.1 Å². The van der Waals surface area contributed by atoms with E-state index in [1.54, 1.807) is 0 Å². The fourth-order valence-electron chi connectivity index (χ4n) is 2.99. The molecule has 0 radical (unpaired) electrons. The zero-order valence-electron chi connectivity index (χ0n) is 15.5. The first kappa shape index (κ1) is 20.5. The number of ether oxygens (including phenoxy) is 2. The molecule has 0 bridgehead atoms. The number of benzene rings is 1. The molecule has 2 heterocycles. The number of hydrogen-bond acceptors (Lipinski definition) is 7. The van der Waals surface area contributed by atoms with Crippen LogP contribution in [0.5, 0.6) is 5.88 Å². The highest BCUT2D eigenvalue weighted by molar-refractivity contribution is 6.02. The van der Waals surface area contributed by atoms with Crippen LogP contribution < -0.4 is 15.8 Å². The minimum Gasteiger partial charge on any atom is -0.480 e. The summed E-state index contributed by atoms with van der Waals surface area (Å²) in [4.78, 5) is 24.2. The molecule has 11 heteroatoms. The van der Waals surface area contributed by atoms with E-state index < -0.39 is 29.8 Å². The van der Waals surface area contributed by atoms with Crippen LogP contribution in [0, 0.1) is 5.82 Å². The molecule has 29 heavy (non-hydrogen) atoms. The van der Waals surface area contributed by atoms with E-state index in [-0.39, 0.29) is 35.3 Å². The van der Waals surface area contributed by atoms with Crippen molar-refractivity contribution in [3.8, 4) is 5.88 Å². The molecule has 1 aromatic heterocycles. The number of carbonyl (C=O) groups excluding carboxylic acids is 1. The number of amidine groups is 1. The van der Waals surface area contributed by atoms with Crippen LogP contribution >= 0.6 is 0 Å². The van der Waals surface area contributed by atoms with Crippen LogP contribution in [0.1, 0.15) is 23.0 Å². The van der Waals surface area contributed by atoms with Crippen LogP contribution in [0.15, 0.2) is 35.6 Å². The maximum atomic E-state index is 14.5. The fraction of sp³-hybridized carbons (Fsp3) is 0.333. The fourth-order valence-corrected chi connectivity index (χ4v) is 2.99. The molecule has 154 valence electrons. The highest BCUT2D eigenvalue weighted by Gasteiger charge is 2.46. The monoisotopic (exact) mass is 409 g/mol. The van der Waals surface area contributed by atoms with Gasteiger partial charge in [0.2, 0.25) is 5.88 Å². The summed E-state index contributed by atoms with van der Waals surface area (Å²) in [5.41, 5.74) is 3.81. The zero-order chi connectivity index (χ0) is 21.2. The van der Waals surface area contributed by atoms with E-state index in [9.17, 15) is 18.0 Å². The molecule has 3 N–H and O–H groups in total. The van der Waals surface area contributed by atoms with Crippen molar-refractivity contribution in [3.63, 3.8) is 0 Å². The van der Waals surface area contributed by atoms with Gasteiger partial charge in [-0.05, 0) is 25.1 Å². The molecule has 0 saturated carbocycles. The average molecular weight is 409 g/mol. The lowest BCUT2D eigenvalue weighted by Gasteiger charge is -2.37. The summed E-state index contributed by atoms with van der Waals surface area (Å²) < 4.78 is 51.5. The number of amides is 1. The Bertz CT molecular complexity index is 939. The first-order valence-electron chi connectivity index (χ1n) is 8.46. The van der Waals surface area contributed by atoms with E-state index in [0.29, 0.717) is 0 Å². The van der Waals surface area contributed by atoms with Gasteiger partial charge in [0.15, 0.2) is 0 Å². The van der Waals surface area contributed by atoms with Gasteiger partial charge in [0.1, 0.15) is 35.6 Å². The van der Waals surface area contributed by atoms with Gasteiger partial charge in [-0.3, -0.25) is 9.79 Å². The lowest BCUT2D eigenvalue weighted by atomic mass is 9.85. The Kier molecular flexibility index (Phi) is 5.69. The average Bonchev–Trinajstić information content (AvgIpc) is 2.69. The highest BCUT2D eigenvalue weighted by Crippen LogP contribution is 2.39. The SMILES string of the molecule is COc1cnc(C(=O)Nc2ccc(F)c(C3(C)N=C(N)COC3C(F)F)c2)cn1. The molecule has 3 rings (SSSR count). The smallest absolute Gasteiger partial charge is 0.275 e. The first-order valence-corrected chi connectivity index (χ1v) is 8.46. The Hall–Kier alpha value is -3.21. The standard InChI is InChI=1S/C18H18F3N5O3/c1-18(15(16(20)21)29-8-13(22)26-18)10-5-9(3-4-11(10)19)25-17(27)12-6-24-14(28-2)7-23-12/h3-7,15-16H,8H2,1-2H3,(H2,22,26)(H,25,27). The van der Waals surface area contributed by atoms with Gasteiger partial charge >= 0.3 is 0 Å². The Morgan fingerprint density at radius 1 is 1.38 bits per heavy atom. The summed E-state index contributed by atoms with van der Waals surface area (Å²) in [6, 6.07) is 3.54. The van der Waals surface area contributed by atoms with Crippen molar-refractivity contribution in [2.45, 2.75) is 25.0 Å². The number of nitrogens with two attached hydrogens (primary N) is 1. The van der Waals surface area contributed by atoms with Crippen molar-refractivity contribution in [3.05, 3.63) is 47.7 Å². The lowest BCUT2D eigenvalue weighted by Crippen LogP contribution is -2.49. The molecule has 2 unspecified atom stereocenters. The van der Waals surface area contributed by atoms with Crippen molar-refractivity contribution in [2.24, 2.45) is 10.7 Å². The number of hydrogen-bond donors (Lipinski definition) is 2. The summed E-state index contributed by atoms with van der Waals surface area (Å²) in [5.74, 6) is -1.23. The van der Waals surface area contributed by atoms with Gasteiger partial charge in [0.05, 0.1) is 19.5 Å². The van der Waals surface area contributed by atoms with E-state index in [1.807, 2.05) is 0 Å². The van der Waals surface area contributed by atoms with Crippen molar-refractivity contribution < 1.29 is 27.4 Å². The van der Waals surface area contributed by atoms with Crippen LogP contribution in [0.25, 0.3) is 0 Å². The van der Waals surface area contributed by atoms with Gasteiger partial charge < -0.3 is 20.5 Å². The van der Waals surface area contributed by atoms with Crippen LogP contribution in [-0.4, -0.2) is 48.0 Å². The van der Waals surface area contributed by atoms with Crippen molar-refractivity contribution >= 4 is 17.4 Å². The van der Waals surface area contributed by atoms with Gasteiger partial charge in [-0.1, -0.05) is 0 Å². The summed E-state index contributed by atoms with van der Waals surface area (Å²) in [6.07, 6.45) is -2.17. The maximum Gasteiger partial charge on any atom is 0.275 e. The Labute approximate surface area is 164 Å². The molecule has 1 aliphatic rings. The second kappa shape index (κ2) is 8.03. The number of aromatic nitrogens is 2. The molecule has 0 fully saturated rings. The number of methoxy groups -OCH3 is 1. The highest BCUT2D eigenvalue weighted by atomic mass is 19.3. The molecule has 0 spiro atoms. The molecule has 1 aliphatic heterocycles. The van der Waals surface area contributed by atoms with E-state index >= 15 is 0 Å². The molecule has 2 aromatic rings. The first-order chi connectivity index (χ1) is 13.7. The minimum atomic E-state index is -2.93. The minimum absolute atomic E-state index is 0.0170. The summed E-state index contributed by atoms with van der Waals surface area (Å²) in [6.45, 7) is 1.02. The predicted octanol–water partition coefficient (Wildman–Crippen LogP) is 2.11. The van der Waals surface area contributed by atoms with E-state index in [4.69, 9.17) is 15.2 Å². The van der Waals surface area contributed by atoms with Crippen molar-refractivity contribution in [2.75, 3.05) is 19.0 Å². The topological polar surface area (TPSA) is 112 Å². The van der Waals surface area contributed by atoms with E-state index in [0.717, 1.165) is 6.07 Å². The van der Waals surface area contributed by atoms with Gasteiger partial charge in [0.25, 0.3) is 12.3 Å². The normalized spacial score (nSPS) is 21.6. The maximum absolute atomic E-state index is 14.5. The van der Waals surface area contributed by atoms with Crippen molar-refractivity contribution in [1.82, 2.24) is 9.97 Å². The van der Waals surface area contributed by atoms with E-state index in [2.05, 4.69) is 20.3 Å².